The maximum Gasteiger partial charge on any atom is 0.244 e. The zero-order chi connectivity index (χ0) is 20.3. The molecule has 0 aliphatic heterocycles. The van der Waals surface area contributed by atoms with Crippen molar-refractivity contribution >= 4 is 27.4 Å². The SMILES string of the molecule is CCN(CC)S(=O)(=O)c1ccc2nnc(SCc3ccc(OC)c(F)c3)n2c1. The van der Waals surface area contributed by atoms with E-state index >= 15 is 0 Å². The number of benzene rings is 1. The minimum Gasteiger partial charge on any atom is -0.494 e. The number of aromatic nitrogens is 3. The van der Waals surface area contributed by atoms with E-state index in [0.717, 1.165) is 5.56 Å². The number of hydrogen-bond donors (Lipinski definition) is 0. The average Bonchev–Trinajstić information content (AvgIpc) is 3.09. The van der Waals surface area contributed by atoms with Crippen molar-refractivity contribution in [1.82, 2.24) is 18.9 Å². The predicted octanol–water partition coefficient (Wildman–Crippen LogP) is 3.20. The third-order valence-corrected chi connectivity index (χ3v) is 7.32. The van der Waals surface area contributed by atoms with Crippen LogP contribution in [-0.2, 0) is 15.8 Å². The van der Waals surface area contributed by atoms with Gasteiger partial charge in [-0.3, -0.25) is 4.40 Å². The fourth-order valence-corrected chi connectivity index (χ4v) is 5.08. The third-order valence-electron chi connectivity index (χ3n) is 4.27. The molecule has 0 bridgehead atoms. The van der Waals surface area contributed by atoms with Crippen LogP contribution >= 0.6 is 11.8 Å². The van der Waals surface area contributed by atoms with E-state index in [1.54, 1.807) is 36.4 Å². The number of methoxy groups -OCH3 is 1. The average molecular weight is 425 g/mol. The second kappa shape index (κ2) is 8.46. The number of pyridine rings is 1. The van der Waals surface area contributed by atoms with Gasteiger partial charge in [0, 0.05) is 25.0 Å². The van der Waals surface area contributed by atoms with Crippen molar-refractivity contribution in [3.05, 3.63) is 47.9 Å². The number of nitrogens with zero attached hydrogens (tertiary/aromatic N) is 4. The fraction of sp³-hybridized carbons (Fsp3) is 0.333. The Morgan fingerprint density at radius 2 is 1.93 bits per heavy atom. The first-order valence-corrected chi connectivity index (χ1v) is 11.1. The highest BCUT2D eigenvalue weighted by atomic mass is 32.2. The molecular weight excluding hydrogens is 403 g/mol. The first-order valence-electron chi connectivity index (χ1n) is 8.70. The number of hydrogen-bond acceptors (Lipinski definition) is 6. The quantitative estimate of drug-likeness (QED) is 0.517. The largest absolute Gasteiger partial charge is 0.494 e. The maximum absolute atomic E-state index is 13.9. The first-order chi connectivity index (χ1) is 13.4. The molecule has 3 rings (SSSR count). The number of sulfonamides is 1. The molecule has 0 saturated carbocycles. The van der Waals surface area contributed by atoms with Crippen molar-refractivity contribution in [2.24, 2.45) is 0 Å². The van der Waals surface area contributed by atoms with Gasteiger partial charge in [0.05, 0.1) is 12.0 Å². The third kappa shape index (κ3) is 3.98. The van der Waals surface area contributed by atoms with Crippen molar-refractivity contribution < 1.29 is 17.5 Å². The molecule has 0 radical (unpaired) electrons. The van der Waals surface area contributed by atoms with Gasteiger partial charge < -0.3 is 4.74 Å². The summed E-state index contributed by atoms with van der Waals surface area (Å²) in [7, 11) is -2.17. The van der Waals surface area contributed by atoms with Crippen LogP contribution in [-0.4, -0.2) is 47.5 Å². The lowest BCUT2D eigenvalue weighted by Gasteiger charge is -2.18. The van der Waals surface area contributed by atoms with E-state index in [0.29, 0.717) is 29.6 Å². The summed E-state index contributed by atoms with van der Waals surface area (Å²) < 4.78 is 47.3. The van der Waals surface area contributed by atoms with Crippen molar-refractivity contribution in [2.45, 2.75) is 29.7 Å². The summed E-state index contributed by atoms with van der Waals surface area (Å²) in [6.07, 6.45) is 1.53. The minimum absolute atomic E-state index is 0.181. The Morgan fingerprint density at radius 3 is 2.57 bits per heavy atom. The van der Waals surface area contributed by atoms with Crippen LogP contribution in [0.15, 0.2) is 46.6 Å². The Hall–Kier alpha value is -2.17. The lowest BCUT2D eigenvalue weighted by atomic mass is 10.2. The molecule has 1 aromatic carbocycles. The highest BCUT2D eigenvalue weighted by Gasteiger charge is 2.22. The van der Waals surface area contributed by atoms with E-state index in [-0.39, 0.29) is 10.6 Å². The van der Waals surface area contributed by atoms with Crippen LogP contribution < -0.4 is 4.74 Å². The molecule has 0 aliphatic carbocycles. The summed E-state index contributed by atoms with van der Waals surface area (Å²) in [5.41, 5.74) is 1.30. The van der Waals surface area contributed by atoms with E-state index in [1.165, 1.54) is 41.5 Å². The highest BCUT2D eigenvalue weighted by molar-refractivity contribution is 7.98. The summed E-state index contributed by atoms with van der Waals surface area (Å²) in [5, 5.41) is 8.73. The zero-order valence-electron chi connectivity index (χ0n) is 15.8. The molecule has 0 N–H and O–H groups in total. The molecule has 10 heteroatoms. The lowest BCUT2D eigenvalue weighted by molar-refractivity contribution is 0.386. The number of halogens is 1. The summed E-state index contributed by atoms with van der Waals surface area (Å²) in [6, 6.07) is 7.91. The topological polar surface area (TPSA) is 76.8 Å². The van der Waals surface area contributed by atoms with Crippen LogP contribution in [0.5, 0.6) is 5.75 Å². The van der Waals surface area contributed by atoms with Gasteiger partial charge in [0.2, 0.25) is 10.0 Å². The molecule has 2 heterocycles. The standard InChI is InChI=1S/C18H21FN4O3S2/c1-4-22(5-2)28(24,25)14-7-9-17-20-21-18(23(17)11-14)27-12-13-6-8-16(26-3)15(19)10-13/h6-11H,4-5,12H2,1-3H3. The smallest absolute Gasteiger partial charge is 0.244 e. The first kappa shape index (κ1) is 20.6. The van der Waals surface area contributed by atoms with E-state index in [4.69, 9.17) is 4.74 Å². The van der Waals surface area contributed by atoms with Gasteiger partial charge in [-0.05, 0) is 29.8 Å². The van der Waals surface area contributed by atoms with Crippen molar-refractivity contribution in [3.8, 4) is 5.75 Å². The monoisotopic (exact) mass is 424 g/mol. The van der Waals surface area contributed by atoms with Crippen LogP contribution in [0.2, 0.25) is 0 Å². The van der Waals surface area contributed by atoms with E-state index in [9.17, 15) is 12.8 Å². The summed E-state index contributed by atoms with van der Waals surface area (Å²) in [4.78, 5) is 0.181. The Bertz CT molecular complexity index is 1080. The van der Waals surface area contributed by atoms with Gasteiger partial charge in [0.1, 0.15) is 0 Å². The molecule has 0 aliphatic rings. The van der Waals surface area contributed by atoms with Crippen LogP contribution in [0.1, 0.15) is 19.4 Å². The Morgan fingerprint density at radius 1 is 1.18 bits per heavy atom. The van der Waals surface area contributed by atoms with Crippen LogP contribution in [0.25, 0.3) is 5.65 Å². The summed E-state index contributed by atoms with van der Waals surface area (Å²) in [5.74, 6) is 0.210. The molecule has 0 amide bonds. The number of rotatable bonds is 8. The molecule has 0 spiro atoms. The Balaban J connectivity index is 1.88. The van der Waals surface area contributed by atoms with E-state index in [2.05, 4.69) is 10.2 Å². The fourth-order valence-electron chi connectivity index (χ4n) is 2.76. The zero-order valence-corrected chi connectivity index (χ0v) is 17.4. The van der Waals surface area contributed by atoms with Gasteiger partial charge >= 0.3 is 0 Å². The van der Waals surface area contributed by atoms with Gasteiger partial charge in [-0.25, -0.2) is 12.8 Å². The van der Waals surface area contributed by atoms with Gasteiger partial charge in [0.25, 0.3) is 0 Å². The lowest BCUT2D eigenvalue weighted by Crippen LogP contribution is -2.30. The Kier molecular flexibility index (Phi) is 6.21. The number of thioether (sulfide) groups is 1. The van der Waals surface area contributed by atoms with Gasteiger partial charge in [-0.1, -0.05) is 31.7 Å². The van der Waals surface area contributed by atoms with Crippen molar-refractivity contribution in [3.63, 3.8) is 0 Å². The molecule has 150 valence electrons. The minimum atomic E-state index is -3.58. The van der Waals surface area contributed by atoms with Gasteiger partial charge in [-0.15, -0.1) is 10.2 Å². The van der Waals surface area contributed by atoms with E-state index in [1.807, 2.05) is 0 Å². The molecule has 2 aromatic heterocycles. The summed E-state index contributed by atoms with van der Waals surface area (Å²) >= 11 is 1.34. The van der Waals surface area contributed by atoms with Gasteiger partial charge in [0.15, 0.2) is 22.4 Å². The molecule has 0 unspecified atom stereocenters. The molecule has 7 nitrogen and oxygen atoms in total. The molecule has 0 fully saturated rings. The molecule has 28 heavy (non-hydrogen) atoms. The molecule has 0 saturated heterocycles. The molecule has 3 aromatic rings. The number of ether oxygens (including phenoxy) is 1. The summed E-state index contributed by atoms with van der Waals surface area (Å²) in [6.45, 7) is 4.38. The highest BCUT2D eigenvalue weighted by Crippen LogP contribution is 2.26. The van der Waals surface area contributed by atoms with E-state index < -0.39 is 15.8 Å². The molecule has 0 atom stereocenters. The van der Waals surface area contributed by atoms with Gasteiger partial charge in [-0.2, -0.15) is 4.31 Å². The van der Waals surface area contributed by atoms with Crippen LogP contribution in [0.3, 0.4) is 0 Å². The Labute approximate surface area is 167 Å². The van der Waals surface area contributed by atoms with Crippen LogP contribution in [0.4, 0.5) is 4.39 Å². The van der Waals surface area contributed by atoms with Crippen molar-refractivity contribution in [2.75, 3.05) is 20.2 Å². The van der Waals surface area contributed by atoms with Crippen molar-refractivity contribution in [1.29, 1.82) is 0 Å². The normalized spacial score (nSPS) is 12.0. The second-order valence-electron chi connectivity index (χ2n) is 5.92. The van der Waals surface area contributed by atoms with Crippen LogP contribution in [0, 0.1) is 5.82 Å². The number of fused-ring (bicyclic) bond motifs is 1. The predicted molar refractivity (Wildman–Crippen MR) is 106 cm³/mol. The maximum atomic E-state index is 13.9. The molecular formula is C18H21FN4O3S2. The second-order valence-corrected chi connectivity index (χ2v) is 8.80.